The van der Waals surface area contributed by atoms with Crippen molar-refractivity contribution < 1.29 is 20.0 Å². The summed E-state index contributed by atoms with van der Waals surface area (Å²) < 4.78 is 72.5. The number of rotatable bonds is 0. The van der Waals surface area contributed by atoms with Crippen molar-refractivity contribution in [3.8, 4) is 0 Å². The molecule has 0 saturated carbocycles. The molecule has 1 aromatic rings. The first kappa shape index (κ1) is 4.46. The standard InChI is InChI=1S/C7H5ClF3N/c1-4-2-5(8)3-6(12-4)7(9,10)11/h2-3H,1H3/i1D3,2D,3D. The lowest BCUT2D eigenvalue weighted by Crippen LogP contribution is -2.08. The molecule has 1 rings (SSSR count). The van der Waals surface area contributed by atoms with E-state index in [9.17, 15) is 13.2 Å². The van der Waals surface area contributed by atoms with Gasteiger partial charge in [0.05, 0.1) is 2.74 Å². The summed E-state index contributed by atoms with van der Waals surface area (Å²) in [6.45, 7) is -2.99. The van der Waals surface area contributed by atoms with Gasteiger partial charge in [-0.1, -0.05) is 11.6 Å². The SMILES string of the molecule is [2H]c1c(C([2H])([2H])[2H])nc(C(F)(F)F)c([2H])c1Cl. The average Bonchev–Trinajstić information content (AvgIpc) is 2.10. The highest BCUT2D eigenvalue weighted by atomic mass is 35.5. The minimum Gasteiger partial charge on any atom is -0.249 e. The van der Waals surface area contributed by atoms with E-state index in [-0.39, 0.29) is 0 Å². The third-order valence-electron chi connectivity index (χ3n) is 0.948. The molecule has 0 amide bonds. The minimum absolute atomic E-state index is 0.876. The highest BCUT2D eigenvalue weighted by molar-refractivity contribution is 6.30. The molecule has 0 aromatic carbocycles. The zero-order valence-electron chi connectivity index (χ0n) is 10.5. The third-order valence-corrected chi connectivity index (χ3v) is 1.14. The maximum atomic E-state index is 12.4. The van der Waals surface area contributed by atoms with Gasteiger partial charge >= 0.3 is 6.18 Å². The van der Waals surface area contributed by atoms with E-state index in [0.29, 0.717) is 0 Å². The van der Waals surface area contributed by atoms with E-state index in [2.05, 4.69) is 4.98 Å². The Bertz CT molecular complexity index is 418. The van der Waals surface area contributed by atoms with Crippen molar-refractivity contribution in [3.05, 3.63) is 28.5 Å². The summed E-state index contributed by atoms with van der Waals surface area (Å²) >= 11 is 5.34. The first-order valence-corrected chi connectivity index (χ1v) is 3.08. The Kier molecular flexibility index (Phi) is 1.09. The molecule has 5 heteroatoms. The molecule has 1 nitrogen and oxygen atoms in total. The van der Waals surface area contributed by atoms with Crippen molar-refractivity contribution in [2.45, 2.75) is 13.0 Å². The molecular weight excluding hydrogens is 191 g/mol. The van der Waals surface area contributed by atoms with Crippen molar-refractivity contribution in [3.63, 3.8) is 0 Å². The molecule has 1 aromatic heterocycles. The van der Waals surface area contributed by atoms with Gasteiger partial charge in [-0.3, -0.25) is 0 Å². The molecule has 0 radical (unpaired) electrons. The molecule has 0 saturated heterocycles. The second-order valence-electron chi connectivity index (χ2n) is 1.87. The summed E-state index contributed by atoms with van der Waals surface area (Å²) in [6.07, 6.45) is -4.99. The summed E-state index contributed by atoms with van der Waals surface area (Å²) in [7, 11) is 0. The fourth-order valence-electron chi connectivity index (χ4n) is 0.541. The predicted octanol–water partition coefficient (Wildman–Crippen LogP) is 3.06. The van der Waals surface area contributed by atoms with Crippen LogP contribution in [0.1, 0.15) is 18.2 Å². The Morgan fingerprint density at radius 2 is 2.25 bits per heavy atom. The van der Waals surface area contributed by atoms with E-state index in [1.54, 1.807) is 0 Å². The first-order chi connectivity index (χ1) is 7.46. The largest absolute Gasteiger partial charge is 0.433 e. The third kappa shape index (κ3) is 2.11. The lowest BCUT2D eigenvalue weighted by Gasteiger charge is -2.06. The Hall–Kier alpha value is -0.770. The molecule has 0 aliphatic heterocycles. The van der Waals surface area contributed by atoms with E-state index in [1.165, 1.54) is 0 Å². The molecule has 66 valence electrons. The maximum Gasteiger partial charge on any atom is 0.433 e. The highest BCUT2D eigenvalue weighted by Gasteiger charge is 2.32. The van der Waals surface area contributed by atoms with Crippen LogP contribution in [0.25, 0.3) is 0 Å². The molecule has 0 fully saturated rings. The maximum absolute atomic E-state index is 12.4. The van der Waals surface area contributed by atoms with Crippen LogP contribution in [-0.4, -0.2) is 4.98 Å². The monoisotopic (exact) mass is 200 g/mol. The molecule has 0 atom stereocenters. The number of hydrogen-bond donors (Lipinski definition) is 0. The van der Waals surface area contributed by atoms with Crippen molar-refractivity contribution in [2.24, 2.45) is 0 Å². The van der Waals surface area contributed by atoms with Gasteiger partial charge in [-0.25, -0.2) is 4.98 Å². The molecule has 0 bridgehead atoms. The van der Waals surface area contributed by atoms with Crippen molar-refractivity contribution in [1.29, 1.82) is 0 Å². The lowest BCUT2D eigenvalue weighted by atomic mass is 10.3. The number of aromatic nitrogens is 1. The topological polar surface area (TPSA) is 12.9 Å². The summed E-state index contributed by atoms with van der Waals surface area (Å²) in [6, 6.07) is -2.08. The van der Waals surface area contributed by atoms with Crippen LogP contribution in [0.5, 0.6) is 0 Å². The van der Waals surface area contributed by atoms with Crippen molar-refractivity contribution in [1.82, 2.24) is 4.98 Å². The fraction of sp³-hybridized carbons (Fsp3) is 0.286. The average molecular weight is 201 g/mol. The smallest absolute Gasteiger partial charge is 0.249 e. The number of aryl methyl sites for hydroxylation is 1. The normalized spacial score (nSPS) is 18.8. The van der Waals surface area contributed by atoms with Crippen LogP contribution in [0.15, 0.2) is 12.1 Å². The van der Waals surface area contributed by atoms with E-state index < -0.39 is 41.5 Å². The van der Waals surface area contributed by atoms with Gasteiger partial charge in [-0.05, 0) is 18.9 Å². The fourth-order valence-corrected chi connectivity index (χ4v) is 0.720. The number of hydrogen-bond acceptors (Lipinski definition) is 1. The minimum atomic E-state index is -4.99. The Morgan fingerprint density at radius 1 is 1.58 bits per heavy atom. The van der Waals surface area contributed by atoms with Gasteiger partial charge in [0, 0.05) is 14.8 Å². The van der Waals surface area contributed by atoms with Crippen LogP contribution < -0.4 is 0 Å². The molecule has 0 unspecified atom stereocenters. The summed E-state index contributed by atoms with van der Waals surface area (Å²) in [5, 5.41) is -0.876. The van der Waals surface area contributed by atoms with Crippen LogP contribution >= 0.6 is 11.6 Å². The summed E-state index contributed by atoms with van der Waals surface area (Å²) in [4.78, 5) is 2.83. The second kappa shape index (κ2) is 2.94. The van der Waals surface area contributed by atoms with Gasteiger partial charge in [0.1, 0.15) is 5.69 Å². The molecule has 0 aliphatic carbocycles. The molecular formula is C7H5ClF3N. The van der Waals surface area contributed by atoms with Gasteiger partial charge < -0.3 is 0 Å². The Labute approximate surface area is 79.2 Å². The molecule has 1 heterocycles. The number of pyridine rings is 1. The van der Waals surface area contributed by atoms with Gasteiger partial charge in [-0.15, -0.1) is 0 Å². The Balaban J connectivity index is 3.63. The van der Waals surface area contributed by atoms with Gasteiger partial charge in [0.15, 0.2) is 0 Å². The van der Waals surface area contributed by atoms with Crippen LogP contribution in [0.4, 0.5) is 13.2 Å². The number of alkyl halides is 3. The second-order valence-corrected chi connectivity index (χ2v) is 2.25. The predicted molar refractivity (Wildman–Crippen MR) is 39.0 cm³/mol. The van der Waals surface area contributed by atoms with Crippen LogP contribution in [0.2, 0.25) is 5.02 Å². The van der Waals surface area contributed by atoms with Crippen LogP contribution in [0.3, 0.4) is 0 Å². The van der Waals surface area contributed by atoms with E-state index in [4.69, 9.17) is 18.5 Å². The van der Waals surface area contributed by atoms with Crippen LogP contribution in [0, 0.1) is 6.85 Å². The Morgan fingerprint density at radius 3 is 2.75 bits per heavy atom. The van der Waals surface area contributed by atoms with Crippen molar-refractivity contribution >= 4 is 11.6 Å². The molecule has 0 aliphatic rings. The molecule has 0 spiro atoms. The van der Waals surface area contributed by atoms with Crippen molar-refractivity contribution in [2.75, 3.05) is 0 Å². The molecule has 0 N–H and O–H groups in total. The van der Waals surface area contributed by atoms with Gasteiger partial charge in [0.2, 0.25) is 0 Å². The number of nitrogens with zero attached hydrogens (tertiary/aromatic N) is 1. The van der Waals surface area contributed by atoms with Gasteiger partial charge in [0.25, 0.3) is 0 Å². The van der Waals surface area contributed by atoms with E-state index in [0.717, 1.165) is 0 Å². The van der Waals surface area contributed by atoms with Crippen LogP contribution in [-0.2, 0) is 6.18 Å². The lowest BCUT2D eigenvalue weighted by molar-refractivity contribution is -0.141. The zero-order chi connectivity index (χ0) is 13.6. The zero-order valence-corrected chi connectivity index (χ0v) is 6.22. The molecule has 12 heavy (non-hydrogen) atoms. The van der Waals surface area contributed by atoms with E-state index in [1.807, 2.05) is 0 Å². The highest BCUT2D eigenvalue weighted by Crippen LogP contribution is 2.29. The number of halogens is 4. The summed E-state index contributed by atoms with van der Waals surface area (Å²) in [5.41, 5.74) is -2.77. The first-order valence-electron chi connectivity index (χ1n) is 5.20. The summed E-state index contributed by atoms with van der Waals surface area (Å²) in [5.74, 6) is 0. The van der Waals surface area contributed by atoms with Gasteiger partial charge in [-0.2, -0.15) is 13.2 Å². The van der Waals surface area contributed by atoms with E-state index >= 15 is 0 Å². The quantitative estimate of drug-likeness (QED) is 0.627.